The molecule has 0 aliphatic carbocycles. The summed E-state index contributed by atoms with van der Waals surface area (Å²) in [6.45, 7) is 3.39. The second-order valence-corrected chi connectivity index (χ2v) is 5.70. The van der Waals surface area contributed by atoms with Crippen molar-refractivity contribution in [2.45, 2.75) is 20.0 Å². The van der Waals surface area contributed by atoms with Crippen LogP contribution in [0.5, 0.6) is 23.0 Å². The lowest BCUT2D eigenvalue weighted by Crippen LogP contribution is -2.42. The summed E-state index contributed by atoms with van der Waals surface area (Å²) < 4.78 is 11.1. The van der Waals surface area contributed by atoms with Crippen LogP contribution in [-0.2, 0) is 4.79 Å². The highest BCUT2D eigenvalue weighted by Gasteiger charge is 2.27. The zero-order chi connectivity index (χ0) is 18.0. The highest BCUT2D eigenvalue weighted by Crippen LogP contribution is 2.32. The molecule has 0 aromatic heterocycles. The number of hydrogen-bond acceptors (Lipinski definition) is 6. The molecule has 2 aromatic carbocycles. The molecule has 1 amide bonds. The van der Waals surface area contributed by atoms with Crippen molar-refractivity contribution in [1.29, 1.82) is 0 Å². The van der Waals surface area contributed by atoms with Gasteiger partial charge in [0.25, 0.3) is 5.91 Å². The molecule has 0 radical (unpaired) electrons. The maximum absolute atomic E-state index is 12.2. The number of aryl methyl sites for hydroxylation is 1. The Hall–Kier alpha value is -3.22. The second-order valence-electron chi connectivity index (χ2n) is 5.70. The molecule has 0 saturated heterocycles. The molecule has 7 heteroatoms. The van der Waals surface area contributed by atoms with Gasteiger partial charge in [-0.3, -0.25) is 4.79 Å². The molecule has 7 nitrogen and oxygen atoms in total. The van der Waals surface area contributed by atoms with Gasteiger partial charge in [-0.1, -0.05) is 12.1 Å². The van der Waals surface area contributed by atoms with Gasteiger partial charge in [0.1, 0.15) is 18.1 Å². The van der Waals surface area contributed by atoms with E-state index in [4.69, 9.17) is 9.47 Å². The van der Waals surface area contributed by atoms with Crippen LogP contribution in [-0.4, -0.2) is 35.0 Å². The molecule has 1 aliphatic heterocycles. The number of fused-ring (bicyclic) bond motifs is 1. The fourth-order valence-corrected chi connectivity index (χ4v) is 2.45. The Morgan fingerprint density at radius 1 is 1.28 bits per heavy atom. The second kappa shape index (κ2) is 6.72. The number of aromatic hydroxyl groups is 2. The van der Waals surface area contributed by atoms with Crippen molar-refractivity contribution in [1.82, 2.24) is 5.43 Å². The van der Waals surface area contributed by atoms with Crippen LogP contribution in [0.15, 0.2) is 35.4 Å². The minimum Gasteiger partial charge on any atom is -0.508 e. The number of amides is 1. The summed E-state index contributed by atoms with van der Waals surface area (Å²) in [7, 11) is 0. The van der Waals surface area contributed by atoms with E-state index in [0.29, 0.717) is 28.2 Å². The molecule has 25 heavy (non-hydrogen) atoms. The molecule has 2 aromatic rings. The van der Waals surface area contributed by atoms with Crippen LogP contribution < -0.4 is 14.9 Å². The highest BCUT2D eigenvalue weighted by molar-refractivity contribution is 5.88. The Bertz CT molecular complexity index is 848. The van der Waals surface area contributed by atoms with E-state index in [2.05, 4.69) is 10.5 Å². The zero-order valence-corrected chi connectivity index (χ0v) is 13.8. The third-order valence-electron chi connectivity index (χ3n) is 3.94. The topological polar surface area (TPSA) is 100 Å². The lowest BCUT2D eigenvalue weighted by molar-refractivity contribution is -0.130. The summed E-state index contributed by atoms with van der Waals surface area (Å²) in [6, 6.07) is 8.62. The lowest BCUT2D eigenvalue weighted by atomic mass is 10.0. The Morgan fingerprint density at radius 3 is 2.76 bits per heavy atom. The largest absolute Gasteiger partial charge is 0.508 e. The Kier molecular flexibility index (Phi) is 4.47. The smallest absolute Gasteiger partial charge is 0.284 e. The van der Waals surface area contributed by atoms with E-state index in [-0.39, 0.29) is 18.1 Å². The number of benzene rings is 2. The predicted molar refractivity (Wildman–Crippen MR) is 91.3 cm³/mol. The van der Waals surface area contributed by atoms with Crippen LogP contribution in [0.4, 0.5) is 0 Å². The van der Waals surface area contributed by atoms with E-state index in [1.54, 1.807) is 32.0 Å². The molecule has 0 fully saturated rings. The van der Waals surface area contributed by atoms with Crippen LogP contribution in [0.25, 0.3) is 0 Å². The van der Waals surface area contributed by atoms with Gasteiger partial charge in [-0.2, -0.15) is 5.10 Å². The number of carbonyl (C=O) groups is 1. The fourth-order valence-electron chi connectivity index (χ4n) is 2.45. The summed E-state index contributed by atoms with van der Waals surface area (Å²) in [6.07, 6.45) is 0.510. The number of phenols is 2. The van der Waals surface area contributed by atoms with E-state index >= 15 is 0 Å². The molecule has 1 heterocycles. The molecule has 0 bridgehead atoms. The molecule has 1 aliphatic rings. The number of hydrogen-bond donors (Lipinski definition) is 3. The summed E-state index contributed by atoms with van der Waals surface area (Å²) in [5.41, 5.74) is 3.77. The van der Waals surface area contributed by atoms with Crippen LogP contribution >= 0.6 is 0 Å². The number of nitrogens with zero attached hydrogens (tertiary/aromatic N) is 1. The van der Waals surface area contributed by atoms with Gasteiger partial charge in [0.05, 0.1) is 6.21 Å². The van der Waals surface area contributed by atoms with Crippen molar-refractivity contribution in [2.24, 2.45) is 5.10 Å². The number of phenolic OH excluding ortho intramolecular Hbond substituents is 2. The van der Waals surface area contributed by atoms with Gasteiger partial charge in [0.2, 0.25) is 6.10 Å². The first-order valence-corrected chi connectivity index (χ1v) is 7.71. The average molecular weight is 342 g/mol. The third-order valence-corrected chi connectivity index (χ3v) is 3.94. The highest BCUT2D eigenvalue weighted by atomic mass is 16.6. The maximum Gasteiger partial charge on any atom is 0.284 e. The fraction of sp³-hybridized carbons (Fsp3) is 0.222. The van der Waals surface area contributed by atoms with E-state index in [1.165, 1.54) is 12.3 Å². The van der Waals surface area contributed by atoms with Gasteiger partial charge in [-0.25, -0.2) is 5.43 Å². The van der Waals surface area contributed by atoms with E-state index in [1.807, 2.05) is 6.07 Å². The molecule has 3 N–H and O–H groups in total. The average Bonchev–Trinajstić information content (AvgIpc) is 2.62. The third kappa shape index (κ3) is 3.35. The van der Waals surface area contributed by atoms with Gasteiger partial charge in [0.15, 0.2) is 11.5 Å². The van der Waals surface area contributed by atoms with Crippen molar-refractivity contribution in [3.05, 3.63) is 47.0 Å². The van der Waals surface area contributed by atoms with Crippen LogP contribution in [0, 0.1) is 13.8 Å². The Labute approximate surface area is 144 Å². The van der Waals surface area contributed by atoms with E-state index in [9.17, 15) is 15.0 Å². The lowest BCUT2D eigenvalue weighted by Gasteiger charge is -2.24. The molecule has 1 atom stereocenters. The van der Waals surface area contributed by atoms with Crippen LogP contribution in [0.1, 0.15) is 16.7 Å². The summed E-state index contributed by atoms with van der Waals surface area (Å²) >= 11 is 0. The Balaban J connectivity index is 1.67. The van der Waals surface area contributed by atoms with Gasteiger partial charge >= 0.3 is 0 Å². The van der Waals surface area contributed by atoms with Crippen molar-refractivity contribution in [2.75, 3.05) is 6.61 Å². The standard InChI is InChI=1S/C18H18N2O5/c1-10-7-13(21)11(2)17(22)12(10)8-19-20-18(23)16-9-24-14-5-3-4-6-15(14)25-16/h3-8,16,21-22H,9H2,1-2H3,(H,20,23). The van der Waals surface area contributed by atoms with Gasteiger partial charge in [0, 0.05) is 11.1 Å². The maximum atomic E-state index is 12.2. The molecule has 130 valence electrons. The Morgan fingerprint density at radius 2 is 2.00 bits per heavy atom. The first-order chi connectivity index (χ1) is 12.0. The molecular formula is C18H18N2O5. The van der Waals surface area contributed by atoms with Crippen LogP contribution in [0.2, 0.25) is 0 Å². The van der Waals surface area contributed by atoms with E-state index in [0.717, 1.165) is 0 Å². The number of para-hydroxylation sites is 2. The molecule has 0 saturated carbocycles. The molecule has 3 rings (SSSR count). The van der Waals surface area contributed by atoms with Crippen molar-refractivity contribution in [3.8, 4) is 23.0 Å². The van der Waals surface area contributed by atoms with Crippen molar-refractivity contribution >= 4 is 12.1 Å². The number of ether oxygens (including phenoxy) is 2. The first kappa shape index (κ1) is 16.6. The van der Waals surface area contributed by atoms with Gasteiger partial charge in [-0.05, 0) is 37.6 Å². The number of nitrogens with one attached hydrogen (secondary N) is 1. The van der Waals surface area contributed by atoms with Gasteiger partial charge in [-0.15, -0.1) is 0 Å². The normalized spacial score (nSPS) is 16.0. The minimum absolute atomic E-state index is 0.00241. The predicted octanol–water partition coefficient (Wildman–Crippen LogP) is 2.00. The zero-order valence-electron chi connectivity index (χ0n) is 13.8. The number of rotatable bonds is 3. The number of hydrazone groups is 1. The minimum atomic E-state index is -0.816. The molecule has 0 spiro atoms. The van der Waals surface area contributed by atoms with Crippen molar-refractivity contribution in [3.63, 3.8) is 0 Å². The molecular weight excluding hydrogens is 324 g/mol. The van der Waals surface area contributed by atoms with Crippen molar-refractivity contribution < 1.29 is 24.5 Å². The first-order valence-electron chi connectivity index (χ1n) is 7.71. The van der Waals surface area contributed by atoms with Gasteiger partial charge < -0.3 is 19.7 Å². The van der Waals surface area contributed by atoms with Crippen LogP contribution in [0.3, 0.4) is 0 Å². The SMILES string of the molecule is Cc1cc(O)c(C)c(O)c1C=NNC(=O)C1COc2ccccc2O1. The summed E-state index contributed by atoms with van der Waals surface area (Å²) in [5, 5.41) is 23.6. The number of carbonyl (C=O) groups excluding carboxylic acids is 1. The quantitative estimate of drug-likeness (QED) is 0.585. The van der Waals surface area contributed by atoms with E-state index < -0.39 is 12.0 Å². The monoisotopic (exact) mass is 342 g/mol. The summed E-state index contributed by atoms with van der Waals surface area (Å²) in [4.78, 5) is 12.2. The summed E-state index contributed by atoms with van der Waals surface area (Å²) in [5.74, 6) is 0.554. The molecule has 1 unspecified atom stereocenters.